The first kappa shape index (κ1) is 18.7. The van der Waals surface area contributed by atoms with Crippen molar-refractivity contribution in [2.24, 2.45) is 5.10 Å². The molecule has 2 aromatic carbocycles. The summed E-state index contributed by atoms with van der Waals surface area (Å²) in [6.45, 7) is 4.00. The third kappa shape index (κ3) is 5.76. The van der Waals surface area contributed by atoms with Gasteiger partial charge in [-0.05, 0) is 39.2 Å². The first-order valence-electron chi connectivity index (χ1n) is 7.61. The Morgan fingerprint density at radius 1 is 1.32 bits per heavy atom. The van der Waals surface area contributed by atoms with Gasteiger partial charge in [0.05, 0.1) is 24.2 Å². The lowest BCUT2D eigenvalue weighted by atomic mass is 10.1. The van der Waals surface area contributed by atoms with Crippen molar-refractivity contribution in [2.45, 2.75) is 6.42 Å². The molecule has 2 aromatic rings. The average Bonchev–Trinajstić information content (AvgIpc) is 2.61. The zero-order chi connectivity index (χ0) is 18.1. The highest BCUT2D eigenvalue weighted by molar-refractivity contribution is 9.10. The van der Waals surface area contributed by atoms with E-state index in [2.05, 4.69) is 33.0 Å². The number of hydrogen-bond acceptors (Lipinski definition) is 4. The molecule has 0 spiro atoms. The van der Waals surface area contributed by atoms with Crippen molar-refractivity contribution >= 4 is 28.1 Å². The number of ether oxygens (including phenoxy) is 2. The molecule has 0 radical (unpaired) electrons. The van der Waals surface area contributed by atoms with Gasteiger partial charge in [-0.1, -0.05) is 43.0 Å². The van der Waals surface area contributed by atoms with Gasteiger partial charge in [0.1, 0.15) is 6.61 Å². The van der Waals surface area contributed by atoms with Gasteiger partial charge >= 0.3 is 0 Å². The van der Waals surface area contributed by atoms with Gasteiger partial charge in [0.2, 0.25) is 5.91 Å². The minimum Gasteiger partial charge on any atom is -0.493 e. The summed E-state index contributed by atoms with van der Waals surface area (Å²) in [5, 5.41) is 3.99. The number of hydrogen-bond donors (Lipinski definition) is 1. The Balaban J connectivity index is 2.01. The molecule has 0 bridgehead atoms. The van der Waals surface area contributed by atoms with Crippen molar-refractivity contribution in [3.8, 4) is 11.5 Å². The molecule has 130 valence electrons. The fourth-order valence-corrected chi connectivity index (χ4v) is 2.67. The van der Waals surface area contributed by atoms with Crippen molar-refractivity contribution in [3.05, 3.63) is 70.7 Å². The molecule has 0 aliphatic rings. The number of nitrogens with one attached hydrogen (secondary N) is 1. The normalized spacial score (nSPS) is 10.5. The number of amides is 1. The van der Waals surface area contributed by atoms with Crippen LogP contribution < -0.4 is 14.9 Å². The standard InChI is InChI=1S/C19H19BrN2O3/c1-3-9-25-19-16(20)10-15(11-17(19)24-2)13-21-22-18(23)12-14-7-5-4-6-8-14/h3-8,10-11,13H,1,9,12H2,2H3,(H,22,23)/b21-13-. The molecule has 0 aromatic heterocycles. The van der Waals surface area contributed by atoms with Gasteiger partial charge in [-0.25, -0.2) is 5.43 Å². The van der Waals surface area contributed by atoms with Gasteiger partial charge < -0.3 is 9.47 Å². The largest absolute Gasteiger partial charge is 0.493 e. The maximum Gasteiger partial charge on any atom is 0.244 e. The molecule has 6 heteroatoms. The summed E-state index contributed by atoms with van der Waals surface area (Å²) in [6, 6.07) is 13.1. The van der Waals surface area contributed by atoms with Gasteiger partial charge in [-0.15, -0.1) is 0 Å². The lowest BCUT2D eigenvalue weighted by molar-refractivity contribution is -0.120. The Morgan fingerprint density at radius 3 is 2.76 bits per heavy atom. The average molecular weight is 403 g/mol. The number of carbonyl (C=O) groups excluding carboxylic acids is 1. The first-order chi connectivity index (χ1) is 12.1. The fraction of sp³-hybridized carbons (Fsp3) is 0.158. The molecule has 1 amide bonds. The van der Waals surface area contributed by atoms with E-state index in [1.54, 1.807) is 25.5 Å². The van der Waals surface area contributed by atoms with Crippen LogP contribution in [-0.2, 0) is 11.2 Å². The van der Waals surface area contributed by atoms with E-state index in [1.165, 1.54) is 0 Å². The number of methoxy groups -OCH3 is 1. The molecule has 0 atom stereocenters. The summed E-state index contributed by atoms with van der Waals surface area (Å²) in [5.41, 5.74) is 4.21. The smallest absolute Gasteiger partial charge is 0.244 e. The molecule has 1 N–H and O–H groups in total. The Morgan fingerprint density at radius 2 is 2.08 bits per heavy atom. The van der Waals surface area contributed by atoms with Crippen molar-refractivity contribution < 1.29 is 14.3 Å². The molecule has 0 aliphatic heterocycles. The molecule has 0 aliphatic carbocycles. The van der Waals surface area contributed by atoms with E-state index in [9.17, 15) is 4.79 Å². The van der Waals surface area contributed by atoms with Crippen LogP contribution in [0.15, 0.2) is 64.7 Å². The van der Waals surface area contributed by atoms with Crippen LogP contribution in [0, 0.1) is 0 Å². The van der Waals surface area contributed by atoms with Crippen LogP contribution in [-0.4, -0.2) is 25.8 Å². The van der Waals surface area contributed by atoms with Crippen LogP contribution in [0.3, 0.4) is 0 Å². The van der Waals surface area contributed by atoms with Gasteiger partial charge in [0.25, 0.3) is 0 Å². The van der Waals surface area contributed by atoms with Crippen LogP contribution in [0.4, 0.5) is 0 Å². The zero-order valence-corrected chi connectivity index (χ0v) is 15.5. The second-order valence-electron chi connectivity index (χ2n) is 5.09. The third-order valence-corrected chi connectivity index (χ3v) is 3.80. The number of hydrazone groups is 1. The number of rotatable bonds is 8. The molecule has 0 unspecified atom stereocenters. The second kappa shape index (κ2) is 9.64. The molecule has 0 saturated heterocycles. The first-order valence-corrected chi connectivity index (χ1v) is 8.40. The van der Waals surface area contributed by atoms with Gasteiger partial charge in [-0.2, -0.15) is 5.10 Å². The highest BCUT2D eigenvalue weighted by Gasteiger charge is 2.10. The second-order valence-corrected chi connectivity index (χ2v) is 5.94. The molecule has 0 fully saturated rings. The van der Waals surface area contributed by atoms with Crippen LogP contribution in [0.25, 0.3) is 0 Å². The summed E-state index contributed by atoms with van der Waals surface area (Å²) in [4.78, 5) is 11.9. The third-order valence-electron chi connectivity index (χ3n) is 3.21. The van der Waals surface area contributed by atoms with E-state index in [-0.39, 0.29) is 12.3 Å². The minimum absolute atomic E-state index is 0.181. The van der Waals surface area contributed by atoms with Crippen LogP contribution in [0.5, 0.6) is 11.5 Å². The minimum atomic E-state index is -0.181. The highest BCUT2D eigenvalue weighted by atomic mass is 79.9. The number of nitrogens with zero attached hydrogens (tertiary/aromatic N) is 1. The fourth-order valence-electron chi connectivity index (χ4n) is 2.10. The van der Waals surface area contributed by atoms with E-state index < -0.39 is 0 Å². The lowest BCUT2D eigenvalue weighted by Crippen LogP contribution is -2.19. The number of halogens is 1. The zero-order valence-electron chi connectivity index (χ0n) is 13.9. The number of carbonyl (C=O) groups is 1. The molecule has 0 heterocycles. The van der Waals surface area contributed by atoms with E-state index in [1.807, 2.05) is 36.4 Å². The molecule has 25 heavy (non-hydrogen) atoms. The van der Waals surface area contributed by atoms with Crippen LogP contribution >= 0.6 is 15.9 Å². The summed E-state index contributed by atoms with van der Waals surface area (Å²) in [7, 11) is 1.56. The predicted octanol–water partition coefficient (Wildman–Crippen LogP) is 3.72. The van der Waals surface area contributed by atoms with E-state index >= 15 is 0 Å². The van der Waals surface area contributed by atoms with Crippen LogP contribution in [0.1, 0.15) is 11.1 Å². The summed E-state index contributed by atoms with van der Waals surface area (Å²) in [5.74, 6) is 0.973. The van der Waals surface area contributed by atoms with Gasteiger partial charge in [0, 0.05) is 0 Å². The Bertz CT molecular complexity index is 761. The summed E-state index contributed by atoms with van der Waals surface area (Å²) < 4.78 is 11.6. The van der Waals surface area contributed by atoms with E-state index in [0.717, 1.165) is 15.6 Å². The maximum absolute atomic E-state index is 11.9. The predicted molar refractivity (Wildman–Crippen MR) is 102 cm³/mol. The topological polar surface area (TPSA) is 59.9 Å². The van der Waals surface area contributed by atoms with Gasteiger partial charge in [-0.3, -0.25) is 4.79 Å². The molecule has 2 rings (SSSR count). The lowest BCUT2D eigenvalue weighted by Gasteiger charge is -2.12. The van der Waals surface area contributed by atoms with Crippen LogP contribution in [0.2, 0.25) is 0 Å². The Labute approximate surface area is 155 Å². The quantitative estimate of drug-likeness (QED) is 0.415. The Hall–Kier alpha value is -2.60. The molecule has 0 saturated carbocycles. The number of benzene rings is 2. The monoisotopic (exact) mass is 402 g/mol. The maximum atomic E-state index is 11.9. The van der Waals surface area contributed by atoms with E-state index in [0.29, 0.717) is 18.1 Å². The summed E-state index contributed by atoms with van der Waals surface area (Å²) in [6.07, 6.45) is 3.48. The highest BCUT2D eigenvalue weighted by Crippen LogP contribution is 2.36. The van der Waals surface area contributed by atoms with Crippen molar-refractivity contribution in [3.63, 3.8) is 0 Å². The van der Waals surface area contributed by atoms with E-state index in [4.69, 9.17) is 9.47 Å². The molecular weight excluding hydrogens is 384 g/mol. The van der Waals surface area contributed by atoms with Crippen molar-refractivity contribution in [1.29, 1.82) is 0 Å². The van der Waals surface area contributed by atoms with Gasteiger partial charge in [0.15, 0.2) is 11.5 Å². The molecular formula is C19H19BrN2O3. The van der Waals surface area contributed by atoms with Crippen molar-refractivity contribution in [1.82, 2.24) is 5.43 Å². The van der Waals surface area contributed by atoms with Crippen molar-refractivity contribution in [2.75, 3.05) is 13.7 Å². The molecule has 5 nitrogen and oxygen atoms in total. The Kier molecular flexibility index (Phi) is 7.22. The SMILES string of the molecule is C=CCOc1c(Br)cc(/C=N\NC(=O)Cc2ccccc2)cc1OC. The summed E-state index contributed by atoms with van der Waals surface area (Å²) >= 11 is 3.45.